The van der Waals surface area contributed by atoms with Gasteiger partial charge in [-0.05, 0) is 12.0 Å². The van der Waals surface area contributed by atoms with E-state index in [9.17, 15) is 14.9 Å². The van der Waals surface area contributed by atoms with Crippen molar-refractivity contribution in [3.05, 3.63) is 28.3 Å². The third-order valence-electron chi connectivity index (χ3n) is 4.56. The Kier molecular flexibility index (Phi) is 5.19. The monoisotopic (exact) mass is 349 g/mol. The molecule has 1 aromatic rings. The topological polar surface area (TPSA) is 85.2 Å². The number of non-ortho nitro benzene ring substituents is 1. The minimum Gasteiger partial charge on any atom is -0.478 e. The van der Waals surface area contributed by atoms with Gasteiger partial charge < -0.3 is 14.4 Å². The van der Waals surface area contributed by atoms with Gasteiger partial charge >= 0.3 is 0 Å². The lowest BCUT2D eigenvalue weighted by atomic mass is 10.0. The summed E-state index contributed by atoms with van der Waals surface area (Å²) in [6, 6.07) is 4.41. The van der Waals surface area contributed by atoms with E-state index in [4.69, 9.17) is 9.47 Å². The molecule has 1 aromatic carbocycles. The van der Waals surface area contributed by atoms with Gasteiger partial charge in [0.05, 0.1) is 29.9 Å². The summed E-state index contributed by atoms with van der Waals surface area (Å²) in [5, 5.41) is 11.0. The molecule has 1 amide bonds. The lowest BCUT2D eigenvalue weighted by Gasteiger charge is -2.37. The molecule has 2 heterocycles. The van der Waals surface area contributed by atoms with Gasteiger partial charge in [-0.15, -0.1) is 0 Å². The number of anilines is 1. The average Bonchev–Trinajstić information content (AvgIpc) is 2.60. The Morgan fingerprint density at radius 3 is 2.64 bits per heavy atom. The average molecular weight is 349 g/mol. The molecule has 0 aliphatic carbocycles. The molecule has 2 aliphatic rings. The fraction of sp³-hybridized carbons (Fsp3) is 0.588. The smallest absolute Gasteiger partial charge is 0.273 e. The molecule has 1 atom stereocenters. The van der Waals surface area contributed by atoms with Crippen molar-refractivity contribution in [1.82, 2.24) is 4.90 Å². The first-order chi connectivity index (χ1) is 12.0. The van der Waals surface area contributed by atoms with Crippen molar-refractivity contribution in [3.63, 3.8) is 0 Å². The summed E-state index contributed by atoms with van der Waals surface area (Å²) in [7, 11) is 0. The molecule has 0 bridgehead atoms. The zero-order valence-electron chi connectivity index (χ0n) is 14.5. The number of rotatable bonds is 5. The molecule has 136 valence electrons. The summed E-state index contributed by atoms with van der Waals surface area (Å²) in [6.07, 6.45) is -0.626. The Bertz CT molecular complexity index is 658. The second kappa shape index (κ2) is 7.37. The number of nitro groups is 1. The van der Waals surface area contributed by atoms with Gasteiger partial charge in [0.1, 0.15) is 0 Å². The number of ether oxygens (including phenoxy) is 2. The second-order valence-electron chi connectivity index (χ2n) is 6.64. The zero-order chi connectivity index (χ0) is 18.0. The maximum absolute atomic E-state index is 12.8. The Labute approximate surface area is 146 Å². The SMILES string of the molecule is CC(C)C1Oc2cc([N+](=O)[O-])ccc2N(CCN2CCOCC2)C1=O. The second-order valence-corrected chi connectivity index (χ2v) is 6.64. The largest absolute Gasteiger partial charge is 0.478 e. The van der Waals surface area contributed by atoms with Crippen LogP contribution in [0.1, 0.15) is 13.8 Å². The molecular weight excluding hydrogens is 326 g/mol. The minimum absolute atomic E-state index is 0.0224. The number of benzene rings is 1. The normalized spacial score (nSPS) is 21.2. The molecule has 3 rings (SSSR count). The van der Waals surface area contributed by atoms with Crippen molar-refractivity contribution < 1.29 is 19.2 Å². The van der Waals surface area contributed by atoms with Crippen molar-refractivity contribution in [2.24, 2.45) is 5.92 Å². The summed E-state index contributed by atoms with van der Waals surface area (Å²) in [6.45, 7) is 8.17. The van der Waals surface area contributed by atoms with Crippen LogP contribution in [0.25, 0.3) is 0 Å². The van der Waals surface area contributed by atoms with Crippen LogP contribution < -0.4 is 9.64 Å². The Hall–Kier alpha value is -2.19. The third-order valence-corrected chi connectivity index (χ3v) is 4.56. The van der Waals surface area contributed by atoms with Crippen LogP contribution in [-0.2, 0) is 9.53 Å². The predicted molar refractivity (Wildman–Crippen MR) is 92.0 cm³/mol. The maximum Gasteiger partial charge on any atom is 0.273 e. The van der Waals surface area contributed by atoms with Crippen molar-refractivity contribution >= 4 is 17.3 Å². The van der Waals surface area contributed by atoms with Crippen LogP contribution in [0.2, 0.25) is 0 Å². The van der Waals surface area contributed by atoms with Crippen LogP contribution in [0.4, 0.5) is 11.4 Å². The van der Waals surface area contributed by atoms with Gasteiger partial charge in [-0.25, -0.2) is 0 Å². The van der Waals surface area contributed by atoms with E-state index in [0.29, 0.717) is 31.2 Å². The van der Waals surface area contributed by atoms with E-state index in [-0.39, 0.29) is 17.5 Å². The number of nitrogens with zero attached hydrogens (tertiary/aromatic N) is 3. The Balaban J connectivity index is 1.84. The molecule has 1 saturated heterocycles. The standard InChI is InChI=1S/C17H23N3O5/c1-12(2)16-17(21)19(6-5-18-7-9-24-10-8-18)14-4-3-13(20(22)23)11-15(14)25-16/h3-4,11-12,16H,5-10H2,1-2H3. The number of carbonyl (C=O) groups excluding carboxylic acids is 1. The van der Waals surface area contributed by atoms with E-state index in [1.165, 1.54) is 12.1 Å². The van der Waals surface area contributed by atoms with Crippen LogP contribution in [0.5, 0.6) is 5.75 Å². The number of fused-ring (bicyclic) bond motifs is 1. The van der Waals surface area contributed by atoms with Crippen LogP contribution in [0.15, 0.2) is 18.2 Å². The van der Waals surface area contributed by atoms with Gasteiger partial charge in [-0.3, -0.25) is 19.8 Å². The first kappa shape index (κ1) is 17.6. The molecule has 1 fully saturated rings. The highest BCUT2D eigenvalue weighted by atomic mass is 16.6. The number of carbonyl (C=O) groups is 1. The molecule has 1 unspecified atom stereocenters. The van der Waals surface area contributed by atoms with E-state index in [1.54, 1.807) is 11.0 Å². The highest BCUT2D eigenvalue weighted by Crippen LogP contribution is 2.38. The van der Waals surface area contributed by atoms with Gasteiger partial charge in [-0.2, -0.15) is 0 Å². The zero-order valence-corrected chi connectivity index (χ0v) is 14.5. The van der Waals surface area contributed by atoms with Crippen LogP contribution >= 0.6 is 0 Å². The molecular formula is C17H23N3O5. The Morgan fingerprint density at radius 1 is 1.28 bits per heavy atom. The van der Waals surface area contributed by atoms with Crippen molar-refractivity contribution in [3.8, 4) is 5.75 Å². The number of morpholine rings is 1. The first-order valence-electron chi connectivity index (χ1n) is 8.54. The van der Waals surface area contributed by atoms with Crippen LogP contribution in [0.3, 0.4) is 0 Å². The van der Waals surface area contributed by atoms with E-state index < -0.39 is 11.0 Å². The highest BCUT2D eigenvalue weighted by molar-refractivity contribution is 6.00. The van der Waals surface area contributed by atoms with Crippen LogP contribution in [0, 0.1) is 16.0 Å². The van der Waals surface area contributed by atoms with Gasteiger partial charge in [-0.1, -0.05) is 13.8 Å². The van der Waals surface area contributed by atoms with E-state index >= 15 is 0 Å². The number of hydrogen-bond acceptors (Lipinski definition) is 6. The van der Waals surface area contributed by atoms with Gasteiger partial charge in [0.15, 0.2) is 11.9 Å². The summed E-state index contributed by atoms with van der Waals surface area (Å²) < 4.78 is 11.1. The molecule has 0 radical (unpaired) electrons. The fourth-order valence-electron chi connectivity index (χ4n) is 3.11. The summed E-state index contributed by atoms with van der Waals surface area (Å²) in [5.41, 5.74) is 0.560. The number of nitro benzene ring substituents is 1. The third kappa shape index (κ3) is 3.74. The predicted octanol–water partition coefficient (Wildman–Crippen LogP) is 1.68. The van der Waals surface area contributed by atoms with Crippen molar-refractivity contribution in [2.75, 3.05) is 44.3 Å². The minimum atomic E-state index is -0.626. The van der Waals surface area contributed by atoms with E-state index in [0.717, 1.165) is 19.6 Å². The Morgan fingerprint density at radius 2 is 2.00 bits per heavy atom. The lowest BCUT2D eigenvalue weighted by Crippen LogP contribution is -2.51. The van der Waals surface area contributed by atoms with E-state index in [2.05, 4.69) is 4.90 Å². The molecule has 8 nitrogen and oxygen atoms in total. The van der Waals surface area contributed by atoms with Gasteiger partial charge in [0, 0.05) is 32.2 Å². The lowest BCUT2D eigenvalue weighted by molar-refractivity contribution is -0.384. The fourth-order valence-corrected chi connectivity index (χ4v) is 3.11. The quantitative estimate of drug-likeness (QED) is 0.594. The molecule has 0 aromatic heterocycles. The summed E-state index contributed by atoms with van der Waals surface area (Å²) in [5.74, 6) is 0.282. The molecule has 0 saturated carbocycles. The van der Waals surface area contributed by atoms with E-state index in [1.807, 2.05) is 13.8 Å². The number of amides is 1. The molecule has 0 spiro atoms. The summed E-state index contributed by atoms with van der Waals surface area (Å²) >= 11 is 0. The molecule has 8 heteroatoms. The summed E-state index contributed by atoms with van der Waals surface area (Å²) in [4.78, 5) is 27.4. The number of hydrogen-bond donors (Lipinski definition) is 0. The highest BCUT2D eigenvalue weighted by Gasteiger charge is 2.37. The molecule has 25 heavy (non-hydrogen) atoms. The van der Waals surface area contributed by atoms with Crippen molar-refractivity contribution in [1.29, 1.82) is 0 Å². The van der Waals surface area contributed by atoms with Crippen molar-refractivity contribution in [2.45, 2.75) is 20.0 Å². The first-order valence-corrected chi connectivity index (χ1v) is 8.54. The maximum atomic E-state index is 12.8. The molecule has 2 aliphatic heterocycles. The van der Waals surface area contributed by atoms with Crippen LogP contribution in [-0.4, -0.2) is 61.2 Å². The molecule has 0 N–H and O–H groups in total. The van der Waals surface area contributed by atoms with Gasteiger partial charge in [0.25, 0.3) is 11.6 Å². The van der Waals surface area contributed by atoms with Gasteiger partial charge in [0.2, 0.25) is 0 Å².